The molecule has 5 heteroatoms. The van der Waals surface area contributed by atoms with Crippen LogP contribution in [0.15, 0.2) is 40.9 Å². The molecule has 0 unspecified atom stereocenters. The van der Waals surface area contributed by atoms with Crippen molar-refractivity contribution in [1.29, 1.82) is 0 Å². The van der Waals surface area contributed by atoms with E-state index >= 15 is 0 Å². The van der Waals surface area contributed by atoms with E-state index in [1.54, 1.807) is 21.3 Å². The number of hydrogen-bond acceptors (Lipinski definition) is 4. The molecule has 2 rings (SSSR count). The largest absolute Gasteiger partial charge is 0.496 e. The molecule has 4 nitrogen and oxygen atoms in total. The Morgan fingerprint density at radius 2 is 1.65 bits per heavy atom. The summed E-state index contributed by atoms with van der Waals surface area (Å²) in [6.07, 6.45) is 0.897. The fourth-order valence-corrected chi connectivity index (χ4v) is 2.93. The summed E-state index contributed by atoms with van der Waals surface area (Å²) < 4.78 is 17.2. The van der Waals surface area contributed by atoms with E-state index in [9.17, 15) is 0 Å². The average Bonchev–Trinajstić information content (AvgIpc) is 2.59. The van der Waals surface area contributed by atoms with Crippen molar-refractivity contribution < 1.29 is 14.2 Å². The molecule has 0 saturated heterocycles. The van der Waals surface area contributed by atoms with Crippen molar-refractivity contribution in [3.63, 3.8) is 0 Å². The maximum Gasteiger partial charge on any atom is 0.166 e. The molecule has 0 aliphatic heterocycles. The summed E-state index contributed by atoms with van der Waals surface area (Å²) in [5, 5.41) is 3.45. The Bertz CT molecular complexity index is 646. The van der Waals surface area contributed by atoms with Crippen LogP contribution in [-0.2, 0) is 13.0 Å². The zero-order valence-corrected chi connectivity index (χ0v) is 15.3. The van der Waals surface area contributed by atoms with Gasteiger partial charge in [0, 0.05) is 16.6 Å². The molecule has 0 radical (unpaired) electrons. The number of hydrogen-bond donors (Lipinski definition) is 1. The highest BCUT2D eigenvalue weighted by molar-refractivity contribution is 9.10. The Kier molecular flexibility index (Phi) is 6.74. The number of rotatable bonds is 8. The second kappa shape index (κ2) is 8.79. The minimum atomic E-state index is 0.691. The van der Waals surface area contributed by atoms with Crippen molar-refractivity contribution in [3.8, 4) is 17.2 Å². The molecule has 2 aromatic carbocycles. The summed E-state index contributed by atoms with van der Waals surface area (Å²) in [7, 11) is 5.00. The van der Waals surface area contributed by atoms with Crippen molar-refractivity contribution >= 4 is 15.9 Å². The molecule has 0 aliphatic rings. The highest BCUT2D eigenvalue weighted by Gasteiger charge is 2.13. The maximum absolute atomic E-state index is 5.49. The average molecular weight is 380 g/mol. The van der Waals surface area contributed by atoms with Crippen LogP contribution in [0.2, 0.25) is 0 Å². The van der Waals surface area contributed by atoms with E-state index in [0.29, 0.717) is 6.54 Å². The lowest BCUT2D eigenvalue weighted by atomic mass is 10.1. The van der Waals surface area contributed by atoms with E-state index in [0.717, 1.165) is 40.3 Å². The maximum atomic E-state index is 5.49. The number of ether oxygens (including phenoxy) is 3. The normalized spacial score (nSPS) is 10.4. The van der Waals surface area contributed by atoms with Crippen molar-refractivity contribution in [2.45, 2.75) is 13.0 Å². The first-order valence-electron chi connectivity index (χ1n) is 7.43. The highest BCUT2D eigenvalue weighted by Crippen LogP contribution is 2.35. The third-order valence-electron chi connectivity index (χ3n) is 3.66. The van der Waals surface area contributed by atoms with Crippen LogP contribution in [0.3, 0.4) is 0 Å². The van der Waals surface area contributed by atoms with Crippen LogP contribution >= 0.6 is 15.9 Å². The molecule has 23 heavy (non-hydrogen) atoms. The van der Waals surface area contributed by atoms with Gasteiger partial charge in [-0.1, -0.05) is 34.1 Å². The van der Waals surface area contributed by atoms with E-state index < -0.39 is 0 Å². The number of methoxy groups -OCH3 is 3. The second-order valence-corrected chi connectivity index (χ2v) is 5.85. The molecule has 0 spiro atoms. The fraction of sp³-hybridized carbons (Fsp3) is 0.333. The quantitative estimate of drug-likeness (QED) is 0.707. The van der Waals surface area contributed by atoms with Crippen LogP contribution < -0.4 is 19.5 Å². The van der Waals surface area contributed by atoms with Gasteiger partial charge >= 0.3 is 0 Å². The summed E-state index contributed by atoms with van der Waals surface area (Å²) in [5.41, 5.74) is 2.24. The van der Waals surface area contributed by atoms with E-state index in [2.05, 4.69) is 27.3 Å². The van der Waals surface area contributed by atoms with E-state index in [1.807, 2.05) is 30.3 Å². The Morgan fingerprint density at radius 3 is 2.35 bits per heavy atom. The Hall–Kier alpha value is -1.72. The van der Waals surface area contributed by atoms with Gasteiger partial charge in [0.2, 0.25) is 0 Å². The lowest BCUT2D eigenvalue weighted by molar-refractivity contribution is 0.350. The van der Waals surface area contributed by atoms with E-state index in [4.69, 9.17) is 14.2 Å². The number of benzene rings is 2. The van der Waals surface area contributed by atoms with E-state index in [-0.39, 0.29) is 0 Å². The minimum Gasteiger partial charge on any atom is -0.496 e. The number of nitrogens with one attached hydrogen (secondary N) is 1. The third kappa shape index (κ3) is 4.39. The molecular weight excluding hydrogens is 358 g/mol. The minimum absolute atomic E-state index is 0.691. The van der Waals surface area contributed by atoms with Gasteiger partial charge in [-0.3, -0.25) is 0 Å². The van der Waals surface area contributed by atoms with Gasteiger partial charge in [0.15, 0.2) is 11.5 Å². The van der Waals surface area contributed by atoms with Crippen LogP contribution in [0.25, 0.3) is 0 Å². The lowest BCUT2D eigenvalue weighted by Gasteiger charge is -2.15. The SMILES string of the molecule is COc1ccccc1CCNCc1c(Br)ccc(OC)c1OC. The first-order chi connectivity index (χ1) is 11.2. The van der Waals surface area contributed by atoms with Gasteiger partial charge in [0.1, 0.15) is 5.75 Å². The van der Waals surface area contributed by atoms with Crippen LogP contribution in [0.1, 0.15) is 11.1 Å². The summed E-state index contributed by atoms with van der Waals surface area (Å²) in [6, 6.07) is 11.9. The molecule has 1 N–H and O–H groups in total. The van der Waals surface area contributed by atoms with Gasteiger partial charge in [-0.05, 0) is 36.7 Å². The summed E-state index contributed by atoms with van der Waals surface area (Å²) in [6.45, 7) is 1.53. The molecule has 124 valence electrons. The molecule has 2 aromatic rings. The third-order valence-corrected chi connectivity index (χ3v) is 4.40. The molecule has 0 heterocycles. The molecule has 0 amide bonds. The molecule has 0 atom stereocenters. The molecular formula is C18H22BrNO3. The number of halogens is 1. The Labute approximate surface area is 145 Å². The summed E-state index contributed by atoms with van der Waals surface area (Å²) in [4.78, 5) is 0. The molecule has 0 fully saturated rings. The van der Waals surface area contributed by atoms with Crippen molar-refractivity contribution in [2.75, 3.05) is 27.9 Å². The fourth-order valence-electron chi connectivity index (χ4n) is 2.48. The van der Waals surface area contributed by atoms with Gasteiger partial charge in [0.05, 0.1) is 21.3 Å². The molecule has 0 aliphatic carbocycles. The van der Waals surface area contributed by atoms with Crippen molar-refractivity contribution in [2.24, 2.45) is 0 Å². The Balaban J connectivity index is 1.99. The lowest BCUT2D eigenvalue weighted by Crippen LogP contribution is -2.18. The molecule has 0 saturated carbocycles. The predicted octanol–water partition coefficient (Wildman–Crippen LogP) is 3.81. The first kappa shape index (κ1) is 17.6. The van der Waals surface area contributed by atoms with Gasteiger partial charge in [0.25, 0.3) is 0 Å². The monoisotopic (exact) mass is 379 g/mol. The topological polar surface area (TPSA) is 39.7 Å². The van der Waals surface area contributed by atoms with Gasteiger partial charge in [-0.25, -0.2) is 0 Å². The van der Waals surface area contributed by atoms with Crippen molar-refractivity contribution in [3.05, 3.63) is 52.0 Å². The van der Waals surface area contributed by atoms with Gasteiger partial charge in [-0.15, -0.1) is 0 Å². The first-order valence-corrected chi connectivity index (χ1v) is 8.22. The molecule has 0 bridgehead atoms. The second-order valence-electron chi connectivity index (χ2n) is 5.00. The summed E-state index contributed by atoms with van der Waals surface area (Å²) >= 11 is 3.58. The molecule has 0 aromatic heterocycles. The smallest absolute Gasteiger partial charge is 0.166 e. The van der Waals surface area contributed by atoms with Crippen LogP contribution in [0.5, 0.6) is 17.2 Å². The van der Waals surface area contributed by atoms with Crippen LogP contribution in [0, 0.1) is 0 Å². The van der Waals surface area contributed by atoms with Crippen LogP contribution in [0.4, 0.5) is 0 Å². The van der Waals surface area contributed by atoms with Crippen LogP contribution in [-0.4, -0.2) is 27.9 Å². The zero-order valence-electron chi connectivity index (χ0n) is 13.7. The van der Waals surface area contributed by atoms with Gasteiger partial charge < -0.3 is 19.5 Å². The number of para-hydroxylation sites is 1. The predicted molar refractivity (Wildman–Crippen MR) is 95.7 cm³/mol. The van der Waals surface area contributed by atoms with E-state index in [1.165, 1.54) is 5.56 Å². The summed E-state index contributed by atoms with van der Waals surface area (Å²) in [5.74, 6) is 2.42. The highest BCUT2D eigenvalue weighted by atomic mass is 79.9. The zero-order chi connectivity index (χ0) is 16.7. The van der Waals surface area contributed by atoms with Crippen molar-refractivity contribution in [1.82, 2.24) is 5.32 Å². The standard InChI is InChI=1S/C18H22BrNO3/c1-21-16-7-5-4-6-13(16)10-11-20-12-14-15(19)8-9-17(22-2)18(14)23-3/h4-9,20H,10-12H2,1-3H3. The van der Waals surface area contributed by atoms with Gasteiger partial charge in [-0.2, -0.15) is 0 Å². The Morgan fingerprint density at radius 1 is 0.913 bits per heavy atom.